The molecule has 4 heteroatoms. The van der Waals surface area contributed by atoms with Gasteiger partial charge in [0.15, 0.2) is 5.65 Å². The van der Waals surface area contributed by atoms with E-state index < -0.39 is 0 Å². The van der Waals surface area contributed by atoms with Gasteiger partial charge in [-0.15, -0.1) is 10.2 Å². The first-order chi connectivity index (χ1) is 10.2. The van der Waals surface area contributed by atoms with E-state index in [1.54, 1.807) is 0 Å². The smallest absolute Gasteiger partial charge is 0.160 e. The van der Waals surface area contributed by atoms with E-state index >= 15 is 0 Å². The maximum atomic E-state index is 4.29. The maximum absolute atomic E-state index is 4.29. The minimum atomic E-state index is 0.694. The van der Waals surface area contributed by atoms with Gasteiger partial charge in [0.25, 0.3) is 0 Å². The van der Waals surface area contributed by atoms with Crippen molar-refractivity contribution < 1.29 is 0 Å². The Morgan fingerprint density at radius 2 is 2.00 bits per heavy atom. The van der Waals surface area contributed by atoms with Gasteiger partial charge in [-0.2, -0.15) is 0 Å². The Kier molecular flexibility index (Phi) is 4.54. The highest BCUT2D eigenvalue weighted by Crippen LogP contribution is 2.29. The van der Waals surface area contributed by atoms with Gasteiger partial charge in [0, 0.05) is 25.2 Å². The minimum Gasteiger partial charge on any atom is -0.314 e. The normalized spacial score (nSPS) is 23.0. The fourth-order valence-corrected chi connectivity index (χ4v) is 3.44. The molecule has 0 bridgehead atoms. The molecule has 2 aromatic rings. The average Bonchev–Trinajstić information content (AvgIpc) is 2.91. The molecule has 0 amide bonds. The van der Waals surface area contributed by atoms with Crippen LogP contribution in [0.2, 0.25) is 0 Å². The van der Waals surface area contributed by atoms with Crippen molar-refractivity contribution in [1.82, 2.24) is 19.9 Å². The van der Waals surface area contributed by atoms with Crippen LogP contribution in [-0.2, 0) is 6.42 Å². The lowest BCUT2D eigenvalue weighted by molar-refractivity contribution is 0.239. The second kappa shape index (κ2) is 6.56. The highest BCUT2D eigenvalue weighted by atomic mass is 15.2. The molecule has 1 fully saturated rings. The molecule has 3 rings (SSSR count). The lowest BCUT2D eigenvalue weighted by Crippen LogP contribution is -2.35. The predicted molar refractivity (Wildman–Crippen MR) is 85.3 cm³/mol. The summed E-state index contributed by atoms with van der Waals surface area (Å²) in [6.07, 6.45) is 8.38. The zero-order valence-corrected chi connectivity index (χ0v) is 13.1. The van der Waals surface area contributed by atoms with Crippen LogP contribution in [-0.4, -0.2) is 27.2 Å². The van der Waals surface area contributed by atoms with Crippen LogP contribution in [0.4, 0.5) is 0 Å². The molecule has 2 heterocycles. The van der Waals surface area contributed by atoms with E-state index in [-0.39, 0.29) is 0 Å². The molecule has 1 saturated carbocycles. The monoisotopic (exact) mass is 286 g/mol. The minimum absolute atomic E-state index is 0.694. The third-order valence-corrected chi connectivity index (χ3v) is 4.88. The van der Waals surface area contributed by atoms with Gasteiger partial charge in [-0.25, -0.2) is 0 Å². The zero-order valence-electron chi connectivity index (χ0n) is 13.1. The van der Waals surface area contributed by atoms with Gasteiger partial charge in [0.1, 0.15) is 5.82 Å². The Hall–Kier alpha value is -1.42. The molecular weight excluding hydrogens is 260 g/mol. The summed E-state index contributed by atoms with van der Waals surface area (Å²) < 4.78 is 2.08. The van der Waals surface area contributed by atoms with Gasteiger partial charge < -0.3 is 5.32 Å². The number of hydrogen-bond acceptors (Lipinski definition) is 3. The SMILES string of the molecule is CC(C)C1CCC(NCCc2nnc3ccccn23)CC1. The van der Waals surface area contributed by atoms with Crippen molar-refractivity contribution in [3.05, 3.63) is 30.2 Å². The Morgan fingerprint density at radius 3 is 2.76 bits per heavy atom. The molecule has 0 radical (unpaired) electrons. The summed E-state index contributed by atoms with van der Waals surface area (Å²) in [7, 11) is 0. The number of hydrogen-bond donors (Lipinski definition) is 1. The number of fused-ring (bicyclic) bond motifs is 1. The lowest BCUT2D eigenvalue weighted by atomic mass is 9.80. The largest absolute Gasteiger partial charge is 0.314 e. The van der Waals surface area contributed by atoms with Crippen molar-refractivity contribution in [2.75, 3.05) is 6.54 Å². The van der Waals surface area contributed by atoms with E-state index in [1.807, 2.05) is 24.4 Å². The second-order valence-corrected chi connectivity index (χ2v) is 6.60. The summed E-state index contributed by atoms with van der Waals surface area (Å²) in [4.78, 5) is 0. The molecule has 21 heavy (non-hydrogen) atoms. The van der Waals surface area contributed by atoms with E-state index in [0.29, 0.717) is 6.04 Å². The third kappa shape index (κ3) is 3.43. The molecule has 4 nitrogen and oxygen atoms in total. The zero-order chi connectivity index (χ0) is 14.7. The lowest BCUT2D eigenvalue weighted by Gasteiger charge is -2.31. The summed E-state index contributed by atoms with van der Waals surface area (Å²) >= 11 is 0. The standard InChI is InChI=1S/C17H26N4/c1-13(2)14-6-8-15(9-7-14)18-11-10-17-20-19-16-5-3-4-12-21(16)17/h3-5,12-15,18H,6-11H2,1-2H3. The highest BCUT2D eigenvalue weighted by molar-refractivity contribution is 5.36. The van der Waals surface area contributed by atoms with Crippen LogP contribution in [0.25, 0.3) is 5.65 Å². The number of nitrogens with zero attached hydrogens (tertiary/aromatic N) is 3. The van der Waals surface area contributed by atoms with E-state index in [2.05, 4.69) is 33.8 Å². The molecule has 1 aliphatic carbocycles. The number of nitrogens with one attached hydrogen (secondary N) is 1. The maximum Gasteiger partial charge on any atom is 0.160 e. The Bertz CT molecular complexity index is 567. The van der Waals surface area contributed by atoms with Gasteiger partial charge >= 0.3 is 0 Å². The summed E-state index contributed by atoms with van der Waals surface area (Å²) in [5.41, 5.74) is 0.935. The van der Waals surface area contributed by atoms with E-state index in [1.165, 1.54) is 25.7 Å². The molecule has 1 N–H and O–H groups in total. The van der Waals surface area contributed by atoms with Gasteiger partial charge in [-0.1, -0.05) is 19.9 Å². The van der Waals surface area contributed by atoms with Crippen LogP contribution in [0, 0.1) is 11.8 Å². The molecular formula is C17H26N4. The molecule has 1 aliphatic rings. The van der Waals surface area contributed by atoms with E-state index in [0.717, 1.165) is 36.3 Å². The van der Waals surface area contributed by atoms with Crippen LogP contribution in [0.5, 0.6) is 0 Å². The van der Waals surface area contributed by atoms with Crippen molar-refractivity contribution in [2.45, 2.75) is 52.0 Å². The molecule has 0 saturated heterocycles. The predicted octanol–water partition coefficient (Wildman–Crippen LogP) is 3.08. The van der Waals surface area contributed by atoms with Gasteiger partial charge in [-0.05, 0) is 49.7 Å². The van der Waals surface area contributed by atoms with Crippen LogP contribution < -0.4 is 5.32 Å². The Morgan fingerprint density at radius 1 is 1.19 bits per heavy atom. The van der Waals surface area contributed by atoms with Crippen molar-refractivity contribution in [3.63, 3.8) is 0 Å². The van der Waals surface area contributed by atoms with Crippen molar-refractivity contribution in [1.29, 1.82) is 0 Å². The Balaban J connectivity index is 1.47. The molecule has 0 unspecified atom stereocenters. The fraction of sp³-hybridized carbons (Fsp3) is 0.647. The third-order valence-electron chi connectivity index (χ3n) is 4.88. The molecule has 2 aromatic heterocycles. The Labute approximate surface area is 127 Å². The van der Waals surface area contributed by atoms with Crippen LogP contribution in [0.1, 0.15) is 45.4 Å². The first kappa shape index (κ1) is 14.5. The molecule has 0 aliphatic heterocycles. The number of rotatable bonds is 5. The number of aromatic nitrogens is 3. The van der Waals surface area contributed by atoms with Crippen molar-refractivity contribution in [3.8, 4) is 0 Å². The van der Waals surface area contributed by atoms with E-state index in [9.17, 15) is 0 Å². The van der Waals surface area contributed by atoms with Gasteiger partial charge in [0.05, 0.1) is 0 Å². The molecule has 0 aromatic carbocycles. The molecule has 0 atom stereocenters. The fourth-order valence-electron chi connectivity index (χ4n) is 3.44. The topological polar surface area (TPSA) is 42.2 Å². The van der Waals surface area contributed by atoms with Gasteiger partial charge in [-0.3, -0.25) is 4.40 Å². The van der Waals surface area contributed by atoms with Gasteiger partial charge in [0.2, 0.25) is 0 Å². The first-order valence-corrected chi connectivity index (χ1v) is 8.26. The van der Waals surface area contributed by atoms with Crippen molar-refractivity contribution >= 4 is 5.65 Å². The summed E-state index contributed by atoms with van der Waals surface area (Å²) in [6, 6.07) is 6.72. The van der Waals surface area contributed by atoms with Crippen LogP contribution in [0.3, 0.4) is 0 Å². The molecule has 0 spiro atoms. The first-order valence-electron chi connectivity index (χ1n) is 8.26. The number of pyridine rings is 1. The quantitative estimate of drug-likeness (QED) is 0.918. The van der Waals surface area contributed by atoms with Crippen LogP contribution in [0.15, 0.2) is 24.4 Å². The highest BCUT2D eigenvalue weighted by Gasteiger charge is 2.22. The van der Waals surface area contributed by atoms with Crippen LogP contribution >= 0.6 is 0 Å². The summed E-state index contributed by atoms with van der Waals surface area (Å²) in [5, 5.41) is 12.2. The molecule has 114 valence electrons. The summed E-state index contributed by atoms with van der Waals surface area (Å²) in [5.74, 6) is 2.82. The average molecular weight is 286 g/mol. The van der Waals surface area contributed by atoms with E-state index in [4.69, 9.17) is 0 Å². The second-order valence-electron chi connectivity index (χ2n) is 6.60. The summed E-state index contributed by atoms with van der Waals surface area (Å²) in [6.45, 7) is 5.70. The van der Waals surface area contributed by atoms with Crippen molar-refractivity contribution in [2.24, 2.45) is 11.8 Å².